The second kappa shape index (κ2) is 6.02. The molecular weight excluding hydrogens is 196 g/mol. The molecule has 1 unspecified atom stereocenters. The fourth-order valence-electron chi connectivity index (χ4n) is 2.94. The predicted octanol–water partition coefficient (Wildman–Crippen LogP) is 2.87. The number of nitrogens with two attached hydrogens (primary N) is 1. The summed E-state index contributed by atoms with van der Waals surface area (Å²) in [7, 11) is 0. The summed E-state index contributed by atoms with van der Waals surface area (Å²) in [6, 6.07) is 0. The third kappa shape index (κ3) is 4.42. The summed E-state index contributed by atoms with van der Waals surface area (Å²) in [5.41, 5.74) is 6.32. The van der Waals surface area contributed by atoms with Crippen LogP contribution in [-0.4, -0.2) is 30.1 Å². The van der Waals surface area contributed by atoms with Crippen LogP contribution in [0.3, 0.4) is 0 Å². The van der Waals surface area contributed by atoms with Gasteiger partial charge in [0, 0.05) is 12.1 Å². The van der Waals surface area contributed by atoms with Crippen molar-refractivity contribution in [1.82, 2.24) is 4.90 Å². The normalized spacial score (nSPS) is 23.6. The van der Waals surface area contributed by atoms with E-state index in [-0.39, 0.29) is 5.54 Å². The van der Waals surface area contributed by atoms with Crippen LogP contribution in [0.25, 0.3) is 0 Å². The number of likely N-dealkylation sites (tertiary alicyclic amines) is 1. The quantitative estimate of drug-likeness (QED) is 0.781. The van der Waals surface area contributed by atoms with Crippen molar-refractivity contribution in [2.45, 2.75) is 58.9 Å². The van der Waals surface area contributed by atoms with Crippen molar-refractivity contribution >= 4 is 0 Å². The Bertz CT molecular complexity index is 191. The highest BCUT2D eigenvalue weighted by Gasteiger charge is 2.26. The molecule has 2 nitrogen and oxygen atoms in total. The third-order valence-electron chi connectivity index (χ3n) is 3.98. The lowest BCUT2D eigenvalue weighted by atomic mass is 9.86. The fourth-order valence-corrected chi connectivity index (χ4v) is 2.94. The minimum absolute atomic E-state index is 0.0133. The van der Waals surface area contributed by atoms with Crippen LogP contribution in [0.15, 0.2) is 0 Å². The summed E-state index contributed by atoms with van der Waals surface area (Å²) in [4.78, 5) is 2.56. The van der Waals surface area contributed by atoms with E-state index < -0.39 is 0 Å². The van der Waals surface area contributed by atoms with Gasteiger partial charge in [-0.3, -0.25) is 0 Å². The topological polar surface area (TPSA) is 29.3 Å². The predicted molar refractivity (Wildman–Crippen MR) is 71.5 cm³/mol. The molecule has 0 spiro atoms. The maximum absolute atomic E-state index is 6.31. The van der Waals surface area contributed by atoms with E-state index in [2.05, 4.69) is 32.6 Å². The van der Waals surface area contributed by atoms with Crippen LogP contribution >= 0.6 is 0 Å². The molecule has 1 atom stereocenters. The summed E-state index contributed by atoms with van der Waals surface area (Å²) in [5.74, 6) is 1.79. The van der Waals surface area contributed by atoms with Crippen molar-refractivity contribution in [2.75, 3.05) is 19.6 Å². The highest BCUT2D eigenvalue weighted by molar-refractivity contribution is 4.84. The summed E-state index contributed by atoms with van der Waals surface area (Å²) in [6.45, 7) is 12.7. The molecule has 0 amide bonds. The molecule has 0 aliphatic carbocycles. The van der Waals surface area contributed by atoms with E-state index in [1.807, 2.05) is 0 Å². The number of piperidine rings is 1. The lowest BCUT2D eigenvalue weighted by molar-refractivity contribution is 0.130. The molecule has 1 aliphatic heterocycles. The first-order valence-electron chi connectivity index (χ1n) is 6.96. The van der Waals surface area contributed by atoms with Crippen LogP contribution in [0.4, 0.5) is 0 Å². The zero-order chi connectivity index (χ0) is 12.2. The van der Waals surface area contributed by atoms with Gasteiger partial charge in [0.25, 0.3) is 0 Å². The highest BCUT2D eigenvalue weighted by Crippen LogP contribution is 2.25. The number of nitrogens with zero attached hydrogens (tertiary/aromatic N) is 1. The Kier molecular flexibility index (Phi) is 5.26. The third-order valence-corrected chi connectivity index (χ3v) is 3.98. The lowest BCUT2D eigenvalue weighted by Gasteiger charge is -2.38. The van der Waals surface area contributed by atoms with Crippen molar-refractivity contribution in [3.05, 3.63) is 0 Å². The maximum atomic E-state index is 6.31. The Morgan fingerprint density at radius 2 is 1.88 bits per heavy atom. The van der Waals surface area contributed by atoms with E-state index in [1.165, 1.54) is 32.4 Å². The molecule has 16 heavy (non-hydrogen) atoms. The molecule has 0 aromatic heterocycles. The zero-order valence-electron chi connectivity index (χ0n) is 11.6. The molecule has 1 heterocycles. The smallest absolute Gasteiger partial charge is 0.0254 e. The van der Waals surface area contributed by atoms with Crippen LogP contribution in [0.5, 0.6) is 0 Å². The van der Waals surface area contributed by atoms with Crippen molar-refractivity contribution in [3.63, 3.8) is 0 Å². The van der Waals surface area contributed by atoms with E-state index in [0.717, 1.165) is 24.8 Å². The molecule has 0 bridgehead atoms. The van der Waals surface area contributed by atoms with Crippen molar-refractivity contribution < 1.29 is 0 Å². The van der Waals surface area contributed by atoms with Crippen LogP contribution in [0.1, 0.15) is 53.4 Å². The minimum atomic E-state index is 0.0133. The highest BCUT2D eigenvalue weighted by atomic mass is 15.1. The molecule has 1 rings (SSSR count). The molecule has 0 radical (unpaired) electrons. The molecule has 1 saturated heterocycles. The molecule has 2 N–H and O–H groups in total. The fraction of sp³-hybridized carbons (Fsp3) is 1.00. The van der Waals surface area contributed by atoms with Gasteiger partial charge < -0.3 is 10.6 Å². The van der Waals surface area contributed by atoms with Gasteiger partial charge in [-0.1, -0.05) is 27.2 Å². The first-order valence-corrected chi connectivity index (χ1v) is 6.96. The van der Waals surface area contributed by atoms with E-state index in [4.69, 9.17) is 5.73 Å². The van der Waals surface area contributed by atoms with Crippen molar-refractivity contribution in [3.8, 4) is 0 Å². The zero-order valence-corrected chi connectivity index (χ0v) is 11.6. The standard InChI is InChI=1S/C14H30N2/c1-5-8-14(4,15)11-16-9-6-13(7-10-16)12(2)3/h12-13H,5-11,15H2,1-4H3. The first-order chi connectivity index (χ1) is 7.44. The Balaban J connectivity index is 2.31. The molecule has 1 aliphatic rings. The number of rotatable bonds is 5. The van der Waals surface area contributed by atoms with Crippen LogP contribution in [0.2, 0.25) is 0 Å². The monoisotopic (exact) mass is 226 g/mol. The lowest BCUT2D eigenvalue weighted by Crippen LogP contribution is -2.50. The Morgan fingerprint density at radius 3 is 2.31 bits per heavy atom. The molecule has 1 fully saturated rings. The van der Waals surface area contributed by atoms with Gasteiger partial charge in [-0.2, -0.15) is 0 Å². The van der Waals surface area contributed by atoms with Gasteiger partial charge >= 0.3 is 0 Å². The largest absolute Gasteiger partial charge is 0.324 e. The van der Waals surface area contributed by atoms with Crippen molar-refractivity contribution in [2.24, 2.45) is 17.6 Å². The Labute approximate surface area is 102 Å². The Morgan fingerprint density at radius 1 is 1.31 bits per heavy atom. The average Bonchev–Trinajstić information content (AvgIpc) is 2.17. The summed E-state index contributed by atoms with van der Waals surface area (Å²) >= 11 is 0. The maximum Gasteiger partial charge on any atom is 0.0254 e. The van der Waals surface area contributed by atoms with Gasteiger partial charge in [-0.15, -0.1) is 0 Å². The van der Waals surface area contributed by atoms with Gasteiger partial charge in [0.05, 0.1) is 0 Å². The average molecular weight is 226 g/mol. The second-order valence-corrected chi connectivity index (χ2v) is 6.26. The molecular formula is C14H30N2. The van der Waals surface area contributed by atoms with Gasteiger partial charge in [0.2, 0.25) is 0 Å². The van der Waals surface area contributed by atoms with Gasteiger partial charge in [-0.05, 0) is 51.1 Å². The van der Waals surface area contributed by atoms with E-state index in [0.29, 0.717) is 0 Å². The summed E-state index contributed by atoms with van der Waals surface area (Å²) < 4.78 is 0. The van der Waals surface area contributed by atoms with Gasteiger partial charge in [-0.25, -0.2) is 0 Å². The SMILES string of the molecule is CCCC(C)(N)CN1CCC(C(C)C)CC1. The van der Waals surface area contributed by atoms with Crippen LogP contribution < -0.4 is 5.73 Å². The summed E-state index contributed by atoms with van der Waals surface area (Å²) in [6.07, 6.45) is 5.05. The van der Waals surface area contributed by atoms with E-state index in [1.54, 1.807) is 0 Å². The molecule has 2 heteroatoms. The van der Waals surface area contributed by atoms with E-state index >= 15 is 0 Å². The first kappa shape index (κ1) is 14.0. The molecule has 96 valence electrons. The van der Waals surface area contributed by atoms with Crippen LogP contribution in [-0.2, 0) is 0 Å². The molecule has 0 aromatic carbocycles. The minimum Gasteiger partial charge on any atom is -0.324 e. The van der Waals surface area contributed by atoms with Crippen molar-refractivity contribution in [1.29, 1.82) is 0 Å². The Hall–Kier alpha value is -0.0800. The summed E-state index contributed by atoms with van der Waals surface area (Å²) in [5, 5.41) is 0. The van der Waals surface area contributed by atoms with E-state index in [9.17, 15) is 0 Å². The van der Waals surface area contributed by atoms with Gasteiger partial charge in [0.1, 0.15) is 0 Å². The molecule has 0 aromatic rings. The molecule has 0 saturated carbocycles. The van der Waals surface area contributed by atoms with Gasteiger partial charge in [0.15, 0.2) is 0 Å². The van der Waals surface area contributed by atoms with Crippen LogP contribution in [0, 0.1) is 11.8 Å². The number of hydrogen-bond donors (Lipinski definition) is 1. The second-order valence-electron chi connectivity index (χ2n) is 6.26. The number of hydrogen-bond acceptors (Lipinski definition) is 2.